The fourth-order valence-electron chi connectivity index (χ4n) is 2.32. The summed E-state index contributed by atoms with van der Waals surface area (Å²) >= 11 is 0. The first-order valence-corrected chi connectivity index (χ1v) is 6.77. The highest BCUT2D eigenvalue weighted by Crippen LogP contribution is 2.31. The summed E-state index contributed by atoms with van der Waals surface area (Å²) in [6, 6.07) is 14.3. The summed E-state index contributed by atoms with van der Waals surface area (Å²) in [6.45, 7) is 1.72. The normalized spacial score (nSPS) is 10.2. The minimum Gasteiger partial charge on any atom is -0.256 e. The van der Waals surface area contributed by atoms with Crippen LogP contribution in [0.25, 0.3) is 22.4 Å². The Kier molecular flexibility index (Phi) is 3.63. The fourth-order valence-corrected chi connectivity index (χ4v) is 2.32. The summed E-state index contributed by atoms with van der Waals surface area (Å²) in [4.78, 5) is 8.41. The standard InChI is InChI=1S/C18H12FN3/c1-12-9-14(4-5-17(12)19)18-16(3-2-7-22-18)13-6-8-21-15(10-13)11-20/h2-10H,1H3. The monoisotopic (exact) mass is 289 g/mol. The van der Waals surface area contributed by atoms with Gasteiger partial charge in [-0.3, -0.25) is 4.98 Å². The molecule has 3 rings (SSSR count). The van der Waals surface area contributed by atoms with E-state index in [2.05, 4.69) is 9.97 Å². The number of benzene rings is 1. The zero-order valence-corrected chi connectivity index (χ0v) is 11.9. The Morgan fingerprint density at radius 3 is 2.64 bits per heavy atom. The maximum Gasteiger partial charge on any atom is 0.141 e. The van der Waals surface area contributed by atoms with Gasteiger partial charge in [0.05, 0.1) is 5.69 Å². The molecule has 4 heteroatoms. The third-order valence-electron chi connectivity index (χ3n) is 3.42. The summed E-state index contributed by atoms with van der Waals surface area (Å²) < 4.78 is 13.5. The Balaban J connectivity index is 2.18. The van der Waals surface area contributed by atoms with Crippen molar-refractivity contribution in [1.29, 1.82) is 5.26 Å². The van der Waals surface area contributed by atoms with E-state index in [1.807, 2.05) is 24.3 Å². The summed E-state index contributed by atoms with van der Waals surface area (Å²) in [5, 5.41) is 8.99. The second-order valence-electron chi connectivity index (χ2n) is 4.91. The number of halogens is 1. The Labute approximate surface area is 127 Å². The fraction of sp³-hybridized carbons (Fsp3) is 0.0556. The largest absolute Gasteiger partial charge is 0.256 e. The molecule has 22 heavy (non-hydrogen) atoms. The van der Waals surface area contributed by atoms with E-state index < -0.39 is 0 Å². The Bertz CT molecular complexity index is 881. The number of nitrogens with zero attached hydrogens (tertiary/aromatic N) is 3. The van der Waals surface area contributed by atoms with Crippen molar-refractivity contribution < 1.29 is 4.39 Å². The molecule has 0 aliphatic carbocycles. The maximum absolute atomic E-state index is 13.5. The van der Waals surface area contributed by atoms with Crippen molar-refractivity contribution in [2.75, 3.05) is 0 Å². The molecule has 0 aliphatic heterocycles. The molecule has 0 spiro atoms. The van der Waals surface area contributed by atoms with Crippen LogP contribution in [-0.2, 0) is 0 Å². The van der Waals surface area contributed by atoms with Crippen LogP contribution >= 0.6 is 0 Å². The average Bonchev–Trinajstić information content (AvgIpc) is 2.57. The van der Waals surface area contributed by atoms with Gasteiger partial charge in [0.15, 0.2) is 0 Å². The van der Waals surface area contributed by atoms with E-state index in [0.29, 0.717) is 11.3 Å². The van der Waals surface area contributed by atoms with Crippen LogP contribution in [0.2, 0.25) is 0 Å². The van der Waals surface area contributed by atoms with E-state index in [1.165, 1.54) is 6.07 Å². The summed E-state index contributed by atoms with van der Waals surface area (Å²) in [7, 11) is 0. The van der Waals surface area contributed by atoms with Crippen LogP contribution in [0.15, 0.2) is 54.9 Å². The van der Waals surface area contributed by atoms with E-state index in [0.717, 1.165) is 22.4 Å². The lowest BCUT2D eigenvalue weighted by molar-refractivity contribution is 0.619. The van der Waals surface area contributed by atoms with Gasteiger partial charge in [-0.25, -0.2) is 9.37 Å². The third kappa shape index (κ3) is 2.57. The summed E-state index contributed by atoms with van der Waals surface area (Å²) in [5.41, 5.74) is 4.25. The van der Waals surface area contributed by atoms with Crippen LogP contribution in [0.4, 0.5) is 4.39 Å². The molecule has 0 amide bonds. The Morgan fingerprint density at radius 2 is 1.86 bits per heavy atom. The van der Waals surface area contributed by atoms with Crippen molar-refractivity contribution in [3.63, 3.8) is 0 Å². The maximum atomic E-state index is 13.5. The highest BCUT2D eigenvalue weighted by Gasteiger charge is 2.10. The molecule has 0 saturated heterocycles. The molecule has 0 N–H and O–H groups in total. The number of nitriles is 1. The smallest absolute Gasteiger partial charge is 0.141 e. The van der Waals surface area contributed by atoms with E-state index in [-0.39, 0.29) is 5.82 Å². The molecule has 2 aromatic heterocycles. The quantitative estimate of drug-likeness (QED) is 0.712. The number of aryl methyl sites for hydroxylation is 1. The average molecular weight is 289 g/mol. The highest BCUT2D eigenvalue weighted by molar-refractivity contribution is 5.81. The van der Waals surface area contributed by atoms with E-state index in [1.54, 1.807) is 37.5 Å². The molecule has 0 radical (unpaired) electrons. The van der Waals surface area contributed by atoms with Crippen LogP contribution in [0.5, 0.6) is 0 Å². The summed E-state index contributed by atoms with van der Waals surface area (Å²) in [5.74, 6) is -0.239. The van der Waals surface area contributed by atoms with E-state index in [9.17, 15) is 4.39 Å². The molecule has 0 unspecified atom stereocenters. The molecular formula is C18H12FN3. The van der Waals surface area contributed by atoms with Gasteiger partial charge in [0, 0.05) is 23.5 Å². The molecular weight excluding hydrogens is 277 g/mol. The van der Waals surface area contributed by atoms with Gasteiger partial charge in [0.1, 0.15) is 17.6 Å². The zero-order chi connectivity index (χ0) is 15.5. The van der Waals surface area contributed by atoms with Gasteiger partial charge in [-0.2, -0.15) is 5.26 Å². The van der Waals surface area contributed by atoms with E-state index in [4.69, 9.17) is 5.26 Å². The molecule has 106 valence electrons. The predicted octanol–water partition coefficient (Wildman–Crippen LogP) is 4.13. The molecule has 0 aliphatic rings. The Hall–Kier alpha value is -3.06. The van der Waals surface area contributed by atoms with Gasteiger partial charge < -0.3 is 0 Å². The number of aromatic nitrogens is 2. The minimum atomic E-state index is -0.239. The number of rotatable bonds is 2. The third-order valence-corrected chi connectivity index (χ3v) is 3.42. The highest BCUT2D eigenvalue weighted by atomic mass is 19.1. The predicted molar refractivity (Wildman–Crippen MR) is 82.3 cm³/mol. The van der Waals surface area contributed by atoms with Crippen molar-refractivity contribution in [2.24, 2.45) is 0 Å². The Morgan fingerprint density at radius 1 is 1.00 bits per heavy atom. The molecule has 1 aromatic carbocycles. The van der Waals surface area contributed by atoms with Crippen LogP contribution in [0, 0.1) is 24.1 Å². The molecule has 2 heterocycles. The van der Waals surface area contributed by atoms with Gasteiger partial charge in [-0.15, -0.1) is 0 Å². The van der Waals surface area contributed by atoms with Gasteiger partial charge in [-0.05, 0) is 54.4 Å². The SMILES string of the molecule is Cc1cc(-c2ncccc2-c2ccnc(C#N)c2)ccc1F. The first-order valence-electron chi connectivity index (χ1n) is 6.77. The van der Waals surface area contributed by atoms with Gasteiger partial charge in [0.2, 0.25) is 0 Å². The van der Waals surface area contributed by atoms with Crippen molar-refractivity contribution in [1.82, 2.24) is 9.97 Å². The van der Waals surface area contributed by atoms with Crippen molar-refractivity contribution >= 4 is 0 Å². The molecule has 3 nitrogen and oxygen atoms in total. The molecule has 3 aromatic rings. The minimum absolute atomic E-state index is 0.239. The van der Waals surface area contributed by atoms with E-state index >= 15 is 0 Å². The molecule has 0 bridgehead atoms. The van der Waals surface area contributed by atoms with Gasteiger partial charge >= 0.3 is 0 Å². The van der Waals surface area contributed by atoms with Crippen molar-refractivity contribution in [3.05, 3.63) is 71.9 Å². The van der Waals surface area contributed by atoms with Crippen LogP contribution in [-0.4, -0.2) is 9.97 Å². The lowest BCUT2D eigenvalue weighted by Crippen LogP contribution is -1.92. The first kappa shape index (κ1) is 13.9. The van der Waals surface area contributed by atoms with Crippen LogP contribution in [0.1, 0.15) is 11.3 Å². The van der Waals surface area contributed by atoms with Crippen LogP contribution < -0.4 is 0 Å². The number of pyridine rings is 2. The second kappa shape index (κ2) is 5.74. The first-order chi connectivity index (χ1) is 10.7. The van der Waals surface area contributed by atoms with Crippen LogP contribution in [0.3, 0.4) is 0 Å². The lowest BCUT2D eigenvalue weighted by atomic mass is 9.98. The summed E-state index contributed by atoms with van der Waals surface area (Å²) in [6.07, 6.45) is 3.30. The van der Waals surface area contributed by atoms with Gasteiger partial charge in [-0.1, -0.05) is 6.07 Å². The topological polar surface area (TPSA) is 49.6 Å². The number of hydrogen-bond acceptors (Lipinski definition) is 3. The molecule has 0 fully saturated rings. The van der Waals surface area contributed by atoms with Crippen molar-refractivity contribution in [2.45, 2.75) is 6.92 Å². The molecule has 0 atom stereocenters. The van der Waals surface area contributed by atoms with Gasteiger partial charge in [0.25, 0.3) is 0 Å². The number of hydrogen-bond donors (Lipinski definition) is 0. The van der Waals surface area contributed by atoms with Crippen molar-refractivity contribution in [3.8, 4) is 28.5 Å². The lowest BCUT2D eigenvalue weighted by Gasteiger charge is -2.10. The second-order valence-corrected chi connectivity index (χ2v) is 4.91. The molecule has 0 saturated carbocycles. The zero-order valence-electron chi connectivity index (χ0n) is 11.9.